The third-order valence-electron chi connectivity index (χ3n) is 4.99. The van der Waals surface area contributed by atoms with Gasteiger partial charge in [0.15, 0.2) is 0 Å². The molecular formula is C21H23F3N2O7S. The van der Waals surface area contributed by atoms with Crippen molar-refractivity contribution in [2.24, 2.45) is 5.92 Å². The number of anilines is 2. The predicted molar refractivity (Wildman–Crippen MR) is 115 cm³/mol. The van der Waals surface area contributed by atoms with E-state index in [-0.39, 0.29) is 41.5 Å². The maximum atomic E-state index is 12.9. The van der Waals surface area contributed by atoms with Gasteiger partial charge in [0.25, 0.3) is 10.0 Å². The van der Waals surface area contributed by atoms with Crippen molar-refractivity contribution in [3.05, 3.63) is 42.5 Å². The van der Waals surface area contributed by atoms with Crippen LogP contribution in [0.4, 0.5) is 24.5 Å². The number of ether oxygens (including phenoxy) is 2. The zero-order valence-corrected chi connectivity index (χ0v) is 18.7. The first kappa shape index (κ1) is 25.6. The van der Waals surface area contributed by atoms with Crippen molar-refractivity contribution in [3.63, 3.8) is 0 Å². The number of aliphatic hydroxyl groups is 2. The Hall–Kier alpha value is -3.03. The van der Waals surface area contributed by atoms with Crippen LogP contribution in [0, 0.1) is 5.92 Å². The van der Waals surface area contributed by atoms with Gasteiger partial charge in [-0.2, -0.15) is 0 Å². The lowest BCUT2D eigenvalue weighted by atomic mass is 10.1. The maximum absolute atomic E-state index is 12.9. The Morgan fingerprint density at radius 3 is 2.38 bits per heavy atom. The molecule has 1 fully saturated rings. The highest BCUT2D eigenvalue weighted by Gasteiger charge is 2.36. The highest BCUT2D eigenvalue weighted by molar-refractivity contribution is 7.92. The molecule has 0 bridgehead atoms. The minimum absolute atomic E-state index is 0.0931. The number of carbonyl (C=O) groups excluding carboxylic acids is 1. The van der Waals surface area contributed by atoms with Crippen LogP contribution < -0.4 is 19.5 Å². The molecule has 34 heavy (non-hydrogen) atoms. The number of halogens is 3. The molecule has 3 rings (SSSR count). The van der Waals surface area contributed by atoms with Gasteiger partial charge in [0.05, 0.1) is 24.5 Å². The van der Waals surface area contributed by atoms with Gasteiger partial charge in [-0.1, -0.05) is 6.07 Å². The van der Waals surface area contributed by atoms with Gasteiger partial charge in [-0.05, 0) is 44.0 Å². The van der Waals surface area contributed by atoms with E-state index < -0.39 is 46.2 Å². The second-order valence-electron chi connectivity index (χ2n) is 7.57. The van der Waals surface area contributed by atoms with E-state index in [0.29, 0.717) is 0 Å². The van der Waals surface area contributed by atoms with Crippen LogP contribution >= 0.6 is 0 Å². The zero-order chi connectivity index (χ0) is 25.1. The number of aliphatic hydroxyl groups excluding tert-OH is 2. The summed E-state index contributed by atoms with van der Waals surface area (Å²) < 4.78 is 74.5. The number of hydrogen-bond donors (Lipinski definition) is 4. The molecule has 0 radical (unpaired) electrons. The van der Waals surface area contributed by atoms with Crippen LogP contribution in [0.1, 0.15) is 19.8 Å². The average Bonchev–Trinajstić information content (AvgIpc) is 3.05. The number of benzene rings is 2. The normalized spacial score (nSPS) is 20.6. The Labute approximate surface area is 193 Å². The minimum atomic E-state index is -4.94. The van der Waals surface area contributed by atoms with Gasteiger partial charge in [-0.3, -0.25) is 9.52 Å². The van der Waals surface area contributed by atoms with Crippen LogP contribution in [0.25, 0.3) is 0 Å². The van der Waals surface area contributed by atoms with E-state index in [1.807, 2.05) is 0 Å². The fourth-order valence-electron chi connectivity index (χ4n) is 3.49. The Morgan fingerprint density at radius 1 is 1.09 bits per heavy atom. The van der Waals surface area contributed by atoms with Crippen molar-refractivity contribution < 1.29 is 46.1 Å². The van der Waals surface area contributed by atoms with E-state index in [1.165, 1.54) is 30.3 Å². The van der Waals surface area contributed by atoms with Gasteiger partial charge < -0.3 is 25.0 Å². The highest BCUT2D eigenvalue weighted by Crippen LogP contribution is 2.32. The van der Waals surface area contributed by atoms with Crippen LogP contribution in [0.5, 0.6) is 11.5 Å². The largest absolute Gasteiger partial charge is 0.573 e. The van der Waals surface area contributed by atoms with Crippen molar-refractivity contribution in [1.29, 1.82) is 0 Å². The summed E-state index contributed by atoms with van der Waals surface area (Å²) >= 11 is 0. The monoisotopic (exact) mass is 504 g/mol. The summed E-state index contributed by atoms with van der Waals surface area (Å²) in [5, 5.41) is 21.9. The number of amides is 1. The lowest BCUT2D eigenvalue weighted by molar-refractivity contribution is -0.274. The summed E-state index contributed by atoms with van der Waals surface area (Å²) in [7, 11) is -4.29. The molecule has 0 heterocycles. The number of hydrogen-bond acceptors (Lipinski definition) is 7. The highest BCUT2D eigenvalue weighted by atomic mass is 32.2. The molecule has 9 nitrogen and oxygen atoms in total. The molecule has 0 spiro atoms. The molecule has 2 aromatic carbocycles. The first-order chi connectivity index (χ1) is 15.9. The van der Waals surface area contributed by atoms with Crippen LogP contribution in [0.15, 0.2) is 47.4 Å². The smallest absolute Gasteiger partial charge is 0.492 e. The summed E-state index contributed by atoms with van der Waals surface area (Å²) in [4.78, 5) is 12.1. The van der Waals surface area contributed by atoms with Crippen LogP contribution in [-0.4, -0.2) is 49.7 Å². The summed E-state index contributed by atoms with van der Waals surface area (Å²) in [6.07, 6.45) is -6.73. The SMILES string of the molecule is CCOc1cc(NC(=O)[C@@H]2C[C@@H](O)[C@@H](O)C2)ccc1S(=O)(=O)Nc1cccc(OC(F)(F)F)c1. The van der Waals surface area contributed by atoms with Gasteiger partial charge in [0, 0.05) is 23.7 Å². The molecule has 4 N–H and O–H groups in total. The van der Waals surface area contributed by atoms with Gasteiger partial charge in [-0.15, -0.1) is 13.2 Å². The van der Waals surface area contributed by atoms with E-state index >= 15 is 0 Å². The van der Waals surface area contributed by atoms with Gasteiger partial charge in [0.1, 0.15) is 16.4 Å². The topological polar surface area (TPSA) is 134 Å². The summed E-state index contributed by atoms with van der Waals surface area (Å²) in [6.45, 7) is 1.71. The molecule has 1 aliphatic rings. The molecule has 1 amide bonds. The maximum Gasteiger partial charge on any atom is 0.573 e. The molecule has 3 atom stereocenters. The lowest BCUT2D eigenvalue weighted by Crippen LogP contribution is -2.21. The fraction of sp³-hybridized carbons (Fsp3) is 0.381. The Kier molecular flexibility index (Phi) is 7.58. The average molecular weight is 504 g/mol. The van der Waals surface area contributed by atoms with E-state index in [4.69, 9.17) is 4.74 Å². The molecule has 0 aromatic heterocycles. The number of rotatable bonds is 8. The van der Waals surface area contributed by atoms with Crippen molar-refractivity contribution in [2.45, 2.75) is 43.2 Å². The van der Waals surface area contributed by atoms with E-state index in [9.17, 15) is 36.6 Å². The molecule has 0 aliphatic heterocycles. The summed E-state index contributed by atoms with van der Waals surface area (Å²) in [5.74, 6) is -1.76. The second kappa shape index (κ2) is 10.1. The second-order valence-corrected chi connectivity index (χ2v) is 9.22. The first-order valence-electron chi connectivity index (χ1n) is 10.2. The van der Waals surface area contributed by atoms with E-state index in [2.05, 4.69) is 14.8 Å². The van der Waals surface area contributed by atoms with E-state index in [1.54, 1.807) is 6.92 Å². The molecule has 1 saturated carbocycles. The molecule has 186 valence electrons. The van der Waals surface area contributed by atoms with Crippen molar-refractivity contribution in [2.75, 3.05) is 16.6 Å². The Morgan fingerprint density at radius 2 is 1.76 bits per heavy atom. The van der Waals surface area contributed by atoms with Crippen molar-refractivity contribution in [3.8, 4) is 11.5 Å². The third-order valence-corrected chi connectivity index (χ3v) is 6.41. The standard InChI is InChI=1S/C21H23F3N2O7S/c1-2-32-18-11-13(25-20(29)12-8-16(27)17(28)9-12)6-7-19(18)34(30,31)26-14-4-3-5-15(10-14)33-21(22,23)24/h3-7,10-12,16-17,26-28H,2,8-9H2,1H3,(H,25,29)/t12-,16-,17+. The molecule has 1 aliphatic carbocycles. The van der Waals surface area contributed by atoms with E-state index in [0.717, 1.165) is 12.1 Å². The first-order valence-corrected chi connectivity index (χ1v) is 11.7. The predicted octanol–water partition coefficient (Wildman–Crippen LogP) is 2.86. The fourth-order valence-corrected chi connectivity index (χ4v) is 4.67. The van der Waals surface area contributed by atoms with Crippen LogP contribution in [-0.2, 0) is 14.8 Å². The molecule has 0 unspecified atom stereocenters. The summed E-state index contributed by atoms with van der Waals surface area (Å²) in [6, 6.07) is 8.14. The van der Waals surface area contributed by atoms with Crippen molar-refractivity contribution in [1.82, 2.24) is 0 Å². The molecule has 13 heteroatoms. The molecule has 0 saturated heterocycles. The Bertz CT molecular complexity index is 1130. The van der Waals surface area contributed by atoms with Crippen LogP contribution in [0.2, 0.25) is 0 Å². The zero-order valence-electron chi connectivity index (χ0n) is 17.9. The molecule has 2 aromatic rings. The lowest BCUT2D eigenvalue weighted by Gasteiger charge is -2.16. The molecular weight excluding hydrogens is 481 g/mol. The Balaban J connectivity index is 1.80. The number of sulfonamides is 1. The quantitative estimate of drug-likeness (QED) is 0.434. The number of alkyl halides is 3. The number of carbonyl (C=O) groups is 1. The summed E-state index contributed by atoms with van der Waals surface area (Å²) in [5.41, 5.74) is 0.0591. The van der Waals surface area contributed by atoms with Gasteiger partial charge in [0.2, 0.25) is 5.91 Å². The number of nitrogens with one attached hydrogen (secondary N) is 2. The van der Waals surface area contributed by atoms with Crippen molar-refractivity contribution >= 4 is 27.3 Å². The third kappa shape index (κ3) is 6.52. The minimum Gasteiger partial charge on any atom is -0.492 e. The van der Waals surface area contributed by atoms with Gasteiger partial charge >= 0.3 is 6.36 Å². The van der Waals surface area contributed by atoms with Crippen LogP contribution in [0.3, 0.4) is 0 Å². The van der Waals surface area contributed by atoms with Gasteiger partial charge in [-0.25, -0.2) is 8.42 Å².